The summed E-state index contributed by atoms with van der Waals surface area (Å²) in [5.74, 6) is -2.71. The molecule has 0 spiro atoms. The van der Waals surface area contributed by atoms with Crippen molar-refractivity contribution in [1.82, 2.24) is 4.31 Å². The first-order valence-corrected chi connectivity index (χ1v) is 9.67. The average molecular weight is 401 g/mol. The molecular formula is C17H15ClF2N2O3S. The van der Waals surface area contributed by atoms with Gasteiger partial charge in [0.1, 0.15) is 22.2 Å². The number of carbonyl (C=O) groups excluding carboxylic acids is 1. The molecule has 2 aromatic rings. The van der Waals surface area contributed by atoms with E-state index in [0.29, 0.717) is 13.1 Å². The van der Waals surface area contributed by atoms with E-state index in [-0.39, 0.29) is 15.5 Å². The summed E-state index contributed by atoms with van der Waals surface area (Å²) in [5, 5.41) is 2.10. The van der Waals surface area contributed by atoms with Gasteiger partial charge in [0.05, 0.1) is 5.02 Å². The van der Waals surface area contributed by atoms with Gasteiger partial charge in [-0.25, -0.2) is 17.2 Å². The van der Waals surface area contributed by atoms with E-state index in [4.69, 9.17) is 11.6 Å². The van der Waals surface area contributed by atoms with Gasteiger partial charge in [0.2, 0.25) is 10.0 Å². The number of halogens is 3. The summed E-state index contributed by atoms with van der Waals surface area (Å²) in [6.45, 7) is 0.769. The molecule has 0 radical (unpaired) electrons. The van der Waals surface area contributed by atoms with Gasteiger partial charge < -0.3 is 5.32 Å². The monoisotopic (exact) mass is 400 g/mol. The van der Waals surface area contributed by atoms with Crippen LogP contribution in [-0.2, 0) is 10.0 Å². The molecule has 0 aliphatic carbocycles. The molecule has 1 fully saturated rings. The number of carbonyl (C=O) groups is 1. The molecule has 0 atom stereocenters. The Morgan fingerprint density at radius 3 is 2.31 bits per heavy atom. The number of para-hydroxylation sites is 1. The second kappa shape index (κ2) is 7.30. The highest BCUT2D eigenvalue weighted by Gasteiger charge is 2.30. The minimum atomic E-state index is -3.84. The lowest BCUT2D eigenvalue weighted by Gasteiger charge is -2.17. The molecule has 1 amide bonds. The fourth-order valence-corrected chi connectivity index (χ4v) is 4.73. The van der Waals surface area contributed by atoms with Gasteiger partial charge in [0, 0.05) is 18.7 Å². The van der Waals surface area contributed by atoms with Crippen LogP contribution in [0.4, 0.5) is 14.5 Å². The molecular weight excluding hydrogens is 386 g/mol. The highest BCUT2D eigenvalue weighted by atomic mass is 35.5. The number of nitrogens with zero attached hydrogens (tertiary/aromatic N) is 1. The standard InChI is InChI=1S/C17H15ClF2N2O3S/c18-12-7-6-11(10-15(12)26(24,25)22-8-1-2-9-22)17(23)21-16-13(19)4-3-5-14(16)20/h3-7,10H,1-2,8-9H2,(H,21,23). The molecule has 0 saturated carbocycles. The number of anilines is 1. The number of rotatable bonds is 4. The van der Waals surface area contributed by atoms with Gasteiger partial charge in [-0.2, -0.15) is 4.31 Å². The normalized spacial score (nSPS) is 15.2. The van der Waals surface area contributed by atoms with E-state index >= 15 is 0 Å². The fraction of sp³-hybridized carbons (Fsp3) is 0.235. The molecule has 138 valence electrons. The minimum absolute atomic E-state index is 0.0227. The average Bonchev–Trinajstić information content (AvgIpc) is 3.14. The highest BCUT2D eigenvalue weighted by molar-refractivity contribution is 7.89. The summed E-state index contributed by atoms with van der Waals surface area (Å²) in [6.07, 6.45) is 1.51. The number of sulfonamides is 1. The van der Waals surface area contributed by atoms with Crippen molar-refractivity contribution < 1.29 is 22.0 Å². The molecule has 1 N–H and O–H groups in total. The SMILES string of the molecule is O=C(Nc1c(F)cccc1F)c1ccc(Cl)c(S(=O)(=O)N2CCCC2)c1. The smallest absolute Gasteiger partial charge is 0.255 e. The quantitative estimate of drug-likeness (QED) is 0.851. The molecule has 2 aromatic carbocycles. The molecule has 5 nitrogen and oxygen atoms in total. The van der Waals surface area contributed by atoms with Crippen LogP contribution in [0.15, 0.2) is 41.3 Å². The summed E-state index contributed by atoms with van der Waals surface area (Å²) >= 11 is 6.02. The number of benzene rings is 2. The van der Waals surface area contributed by atoms with E-state index in [1.54, 1.807) is 0 Å². The van der Waals surface area contributed by atoms with Crippen molar-refractivity contribution in [3.63, 3.8) is 0 Å². The Morgan fingerprint density at radius 1 is 1.08 bits per heavy atom. The van der Waals surface area contributed by atoms with E-state index in [9.17, 15) is 22.0 Å². The van der Waals surface area contributed by atoms with E-state index in [0.717, 1.165) is 31.0 Å². The zero-order valence-electron chi connectivity index (χ0n) is 13.5. The van der Waals surface area contributed by atoms with Crippen molar-refractivity contribution in [3.8, 4) is 0 Å². The van der Waals surface area contributed by atoms with Gasteiger partial charge in [-0.05, 0) is 43.2 Å². The van der Waals surface area contributed by atoms with Crippen molar-refractivity contribution in [2.75, 3.05) is 18.4 Å². The Morgan fingerprint density at radius 2 is 1.69 bits per heavy atom. The van der Waals surface area contributed by atoms with Crippen molar-refractivity contribution in [2.45, 2.75) is 17.7 Å². The summed E-state index contributed by atoms with van der Waals surface area (Å²) in [6, 6.07) is 6.86. The first-order valence-electron chi connectivity index (χ1n) is 7.86. The molecule has 0 aromatic heterocycles. The second-order valence-electron chi connectivity index (χ2n) is 5.81. The topological polar surface area (TPSA) is 66.5 Å². The Labute approximate surface area is 154 Å². The Hall–Kier alpha value is -2.03. The van der Waals surface area contributed by atoms with Gasteiger partial charge >= 0.3 is 0 Å². The summed E-state index contributed by atoms with van der Waals surface area (Å²) in [5.41, 5.74) is -0.675. The highest BCUT2D eigenvalue weighted by Crippen LogP contribution is 2.28. The van der Waals surface area contributed by atoms with Crippen molar-refractivity contribution in [2.24, 2.45) is 0 Å². The molecule has 0 unspecified atom stereocenters. The largest absolute Gasteiger partial charge is 0.317 e. The minimum Gasteiger partial charge on any atom is -0.317 e. The summed E-state index contributed by atoms with van der Waals surface area (Å²) < 4.78 is 54.0. The van der Waals surface area contributed by atoms with Crippen molar-refractivity contribution in [3.05, 3.63) is 58.6 Å². The molecule has 1 aliphatic rings. The van der Waals surface area contributed by atoms with E-state index in [1.807, 2.05) is 0 Å². The predicted molar refractivity (Wildman–Crippen MR) is 93.8 cm³/mol. The maximum absolute atomic E-state index is 13.7. The fourth-order valence-electron chi connectivity index (χ4n) is 2.71. The van der Waals surface area contributed by atoms with Gasteiger partial charge in [0.25, 0.3) is 5.91 Å². The van der Waals surface area contributed by atoms with Crippen LogP contribution in [0.5, 0.6) is 0 Å². The number of amides is 1. The lowest BCUT2D eigenvalue weighted by Crippen LogP contribution is -2.28. The Balaban J connectivity index is 1.93. The molecule has 26 heavy (non-hydrogen) atoms. The van der Waals surface area contributed by atoms with Crippen LogP contribution < -0.4 is 5.32 Å². The molecule has 1 heterocycles. The van der Waals surface area contributed by atoms with Crippen LogP contribution in [0, 0.1) is 11.6 Å². The van der Waals surface area contributed by atoms with E-state index in [1.165, 1.54) is 22.5 Å². The third-order valence-corrected chi connectivity index (χ3v) is 6.46. The first kappa shape index (κ1) is 18.8. The van der Waals surface area contributed by atoms with E-state index in [2.05, 4.69) is 5.32 Å². The van der Waals surface area contributed by atoms with Crippen LogP contribution in [0.2, 0.25) is 5.02 Å². The molecule has 9 heteroatoms. The zero-order valence-corrected chi connectivity index (χ0v) is 15.1. The predicted octanol–water partition coefficient (Wildman–Crippen LogP) is 3.66. The maximum atomic E-state index is 13.7. The Bertz CT molecular complexity index is 940. The lowest BCUT2D eigenvalue weighted by molar-refractivity contribution is 0.102. The van der Waals surface area contributed by atoms with Crippen LogP contribution in [-0.4, -0.2) is 31.7 Å². The zero-order chi connectivity index (χ0) is 18.9. The van der Waals surface area contributed by atoms with Crippen LogP contribution in [0.1, 0.15) is 23.2 Å². The third kappa shape index (κ3) is 3.58. The number of hydrogen-bond acceptors (Lipinski definition) is 3. The first-order chi connectivity index (χ1) is 12.3. The number of hydrogen-bond donors (Lipinski definition) is 1. The van der Waals surface area contributed by atoms with Gasteiger partial charge in [0.15, 0.2) is 0 Å². The van der Waals surface area contributed by atoms with Crippen LogP contribution in [0.3, 0.4) is 0 Å². The summed E-state index contributed by atoms with van der Waals surface area (Å²) in [4.78, 5) is 12.1. The van der Waals surface area contributed by atoms with Gasteiger partial charge in [-0.1, -0.05) is 17.7 Å². The van der Waals surface area contributed by atoms with Crippen LogP contribution in [0.25, 0.3) is 0 Å². The third-order valence-electron chi connectivity index (χ3n) is 4.08. The molecule has 3 rings (SSSR count). The molecule has 1 aliphatic heterocycles. The maximum Gasteiger partial charge on any atom is 0.255 e. The van der Waals surface area contributed by atoms with Crippen LogP contribution >= 0.6 is 11.6 Å². The van der Waals surface area contributed by atoms with Gasteiger partial charge in [-0.3, -0.25) is 4.79 Å². The van der Waals surface area contributed by atoms with Crippen molar-refractivity contribution >= 4 is 33.2 Å². The second-order valence-corrected chi connectivity index (χ2v) is 8.12. The van der Waals surface area contributed by atoms with Crippen molar-refractivity contribution in [1.29, 1.82) is 0 Å². The van der Waals surface area contributed by atoms with E-state index < -0.39 is 33.3 Å². The van der Waals surface area contributed by atoms with Gasteiger partial charge in [-0.15, -0.1) is 0 Å². The Kier molecular flexibility index (Phi) is 5.27. The molecule has 1 saturated heterocycles. The number of nitrogens with one attached hydrogen (secondary N) is 1. The summed E-state index contributed by atoms with van der Waals surface area (Å²) in [7, 11) is -3.84. The molecule has 0 bridgehead atoms. The lowest BCUT2D eigenvalue weighted by atomic mass is 10.2.